The average molecular weight is 411 g/mol. The summed E-state index contributed by atoms with van der Waals surface area (Å²) in [6, 6.07) is 13.9. The lowest BCUT2D eigenvalue weighted by Gasteiger charge is -2.18. The number of para-hydroxylation sites is 1. The van der Waals surface area contributed by atoms with Gasteiger partial charge in [-0.1, -0.05) is 36.0 Å². The van der Waals surface area contributed by atoms with E-state index in [0.29, 0.717) is 29.2 Å². The predicted octanol–water partition coefficient (Wildman–Crippen LogP) is 4.34. The standard InChI is InChI=1S/C21H21N3O4S/c1-14(15-6-4-7-16(12-15)24(26)27)29-21-22-19-10-3-2-9-18(19)20(25)23(21)13-17-8-5-11-28-17/h2-4,6-7,9-10,12,14,17H,5,8,11,13H2,1H3/t14-,17-/m1/s1. The monoisotopic (exact) mass is 411 g/mol. The van der Waals surface area contributed by atoms with Crippen molar-refractivity contribution in [3.05, 3.63) is 74.6 Å². The van der Waals surface area contributed by atoms with E-state index in [1.165, 1.54) is 17.8 Å². The van der Waals surface area contributed by atoms with Gasteiger partial charge in [0.25, 0.3) is 11.2 Å². The molecule has 29 heavy (non-hydrogen) atoms. The molecule has 0 bridgehead atoms. The van der Waals surface area contributed by atoms with Gasteiger partial charge in [-0.05, 0) is 37.5 Å². The second-order valence-corrected chi connectivity index (χ2v) is 8.38. The van der Waals surface area contributed by atoms with Crippen LogP contribution in [-0.2, 0) is 11.3 Å². The van der Waals surface area contributed by atoms with Gasteiger partial charge in [0.15, 0.2) is 5.16 Å². The van der Waals surface area contributed by atoms with Gasteiger partial charge in [-0.2, -0.15) is 0 Å². The van der Waals surface area contributed by atoms with Crippen molar-refractivity contribution in [2.75, 3.05) is 6.61 Å². The first-order valence-electron chi connectivity index (χ1n) is 9.55. The Kier molecular flexibility index (Phi) is 5.64. The number of rotatable bonds is 6. The van der Waals surface area contributed by atoms with Crippen LogP contribution in [0.3, 0.4) is 0 Å². The largest absolute Gasteiger partial charge is 0.376 e. The van der Waals surface area contributed by atoms with Crippen molar-refractivity contribution in [1.29, 1.82) is 0 Å². The molecule has 0 unspecified atom stereocenters. The molecule has 1 aliphatic heterocycles. The van der Waals surface area contributed by atoms with Crippen molar-refractivity contribution in [3.63, 3.8) is 0 Å². The predicted molar refractivity (Wildman–Crippen MR) is 112 cm³/mol. The molecule has 150 valence electrons. The molecule has 1 saturated heterocycles. The van der Waals surface area contributed by atoms with Crippen molar-refractivity contribution in [1.82, 2.24) is 9.55 Å². The van der Waals surface area contributed by atoms with Crippen molar-refractivity contribution in [2.45, 2.75) is 42.8 Å². The van der Waals surface area contributed by atoms with E-state index < -0.39 is 4.92 Å². The highest BCUT2D eigenvalue weighted by Crippen LogP contribution is 2.35. The molecule has 0 N–H and O–H groups in total. The maximum Gasteiger partial charge on any atom is 0.269 e. The van der Waals surface area contributed by atoms with Gasteiger partial charge in [0.2, 0.25) is 0 Å². The number of aromatic nitrogens is 2. The van der Waals surface area contributed by atoms with Crippen LogP contribution >= 0.6 is 11.8 Å². The van der Waals surface area contributed by atoms with Crippen LogP contribution in [0.25, 0.3) is 10.9 Å². The van der Waals surface area contributed by atoms with Gasteiger partial charge in [0, 0.05) is 24.0 Å². The maximum atomic E-state index is 13.2. The van der Waals surface area contributed by atoms with Crippen LogP contribution in [0.4, 0.5) is 5.69 Å². The number of hydrogen-bond donors (Lipinski definition) is 0. The molecule has 3 aromatic rings. The smallest absolute Gasteiger partial charge is 0.269 e. The Morgan fingerprint density at radius 1 is 1.31 bits per heavy atom. The van der Waals surface area contributed by atoms with Gasteiger partial charge in [0.05, 0.1) is 28.5 Å². The van der Waals surface area contributed by atoms with Crippen LogP contribution in [0.15, 0.2) is 58.5 Å². The summed E-state index contributed by atoms with van der Waals surface area (Å²) in [7, 11) is 0. The molecule has 0 spiro atoms. The Morgan fingerprint density at radius 2 is 2.14 bits per heavy atom. The van der Waals surface area contributed by atoms with Gasteiger partial charge in [-0.3, -0.25) is 19.5 Å². The third-order valence-electron chi connectivity index (χ3n) is 5.07. The quantitative estimate of drug-likeness (QED) is 0.260. The molecule has 1 aromatic heterocycles. The lowest BCUT2D eigenvalue weighted by molar-refractivity contribution is -0.384. The molecule has 8 heteroatoms. The highest BCUT2D eigenvalue weighted by molar-refractivity contribution is 7.99. The topological polar surface area (TPSA) is 87.3 Å². The molecule has 7 nitrogen and oxygen atoms in total. The van der Waals surface area contributed by atoms with Gasteiger partial charge in [-0.25, -0.2) is 4.98 Å². The zero-order chi connectivity index (χ0) is 20.4. The van der Waals surface area contributed by atoms with Crippen LogP contribution in [-0.4, -0.2) is 27.2 Å². The number of fused-ring (bicyclic) bond motifs is 1. The zero-order valence-electron chi connectivity index (χ0n) is 16.0. The number of non-ortho nitro benzene ring substituents is 1. The van der Waals surface area contributed by atoms with E-state index in [-0.39, 0.29) is 22.6 Å². The van der Waals surface area contributed by atoms with E-state index in [9.17, 15) is 14.9 Å². The number of nitrogens with zero attached hydrogens (tertiary/aromatic N) is 3. The number of nitro groups is 1. The highest BCUT2D eigenvalue weighted by Gasteiger charge is 2.22. The lowest BCUT2D eigenvalue weighted by Crippen LogP contribution is -2.29. The Labute approximate surface area is 171 Å². The highest BCUT2D eigenvalue weighted by atomic mass is 32.2. The fourth-order valence-electron chi connectivity index (χ4n) is 3.51. The fraction of sp³-hybridized carbons (Fsp3) is 0.333. The Balaban J connectivity index is 1.72. The maximum absolute atomic E-state index is 13.2. The summed E-state index contributed by atoms with van der Waals surface area (Å²) >= 11 is 1.43. The number of benzene rings is 2. The summed E-state index contributed by atoms with van der Waals surface area (Å²) < 4.78 is 7.43. The molecule has 4 rings (SSSR count). The first kappa shape index (κ1) is 19.6. The Morgan fingerprint density at radius 3 is 2.90 bits per heavy atom. The van der Waals surface area contributed by atoms with E-state index in [4.69, 9.17) is 9.72 Å². The number of nitro benzene ring substituents is 1. The molecule has 2 heterocycles. The molecule has 0 saturated carbocycles. The SMILES string of the molecule is C[C@@H](Sc1nc2ccccc2c(=O)n1C[C@H]1CCCO1)c1cccc([N+](=O)[O-])c1. The molecule has 2 atom stereocenters. The van der Waals surface area contributed by atoms with Crippen LogP contribution in [0.2, 0.25) is 0 Å². The lowest BCUT2D eigenvalue weighted by atomic mass is 10.1. The normalized spacial score (nSPS) is 17.5. The number of hydrogen-bond acceptors (Lipinski definition) is 6. The minimum atomic E-state index is -0.400. The Hall–Kier alpha value is -2.71. The molecule has 1 aliphatic rings. The Bertz CT molecular complexity index is 1110. The summed E-state index contributed by atoms with van der Waals surface area (Å²) in [5, 5.41) is 12.2. The van der Waals surface area contributed by atoms with Crippen LogP contribution < -0.4 is 5.56 Å². The zero-order valence-corrected chi connectivity index (χ0v) is 16.8. The average Bonchev–Trinajstić information content (AvgIpc) is 3.24. The summed E-state index contributed by atoms with van der Waals surface area (Å²) in [5.41, 5.74) is 1.43. The first-order valence-corrected chi connectivity index (χ1v) is 10.4. The fourth-order valence-corrected chi connectivity index (χ4v) is 4.54. The summed E-state index contributed by atoms with van der Waals surface area (Å²) in [5.74, 6) is 0. The summed E-state index contributed by atoms with van der Waals surface area (Å²) in [4.78, 5) is 28.6. The first-order chi connectivity index (χ1) is 14.0. The second-order valence-electron chi connectivity index (χ2n) is 7.07. The van der Waals surface area contributed by atoms with Crippen molar-refractivity contribution in [3.8, 4) is 0 Å². The van der Waals surface area contributed by atoms with Gasteiger partial charge >= 0.3 is 0 Å². The molecular formula is C21H21N3O4S. The summed E-state index contributed by atoms with van der Waals surface area (Å²) in [6.07, 6.45) is 1.92. The molecular weight excluding hydrogens is 390 g/mol. The van der Waals surface area contributed by atoms with Crippen LogP contribution in [0.1, 0.15) is 30.6 Å². The minimum Gasteiger partial charge on any atom is -0.376 e. The minimum absolute atomic E-state index is 0.00290. The third-order valence-corrected chi connectivity index (χ3v) is 6.22. The molecule has 2 aromatic carbocycles. The van der Waals surface area contributed by atoms with Gasteiger partial charge < -0.3 is 4.74 Å². The van der Waals surface area contributed by atoms with E-state index in [2.05, 4.69) is 0 Å². The van der Waals surface area contributed by atoms with Gasteiger partial charge in [0.1, 0.15) is 0 Å². The summed E-state index contributed by atoms with van der Waals surface area (Å²) in [6.45, 7) is 3.13. The molecule has 0 amide bonds. The van der Waals surface area contributed by atoms with Crippen molar-refractivity contribution >= 4 is 28.4 Å². The van der Waals surface area contributed by atoms with E-state index >= 15 is 0 Å². The van der Waals surface area contributed by atoms with E-state index in [1.54, 1.807) is 22.8 Å². The van der Waals surface area contributed by atoms with Gasteiger partial charge in [-0.15, -0.1) is 0 Å². The van der Waals surface area contributed by atoms with Crippen molar-refractivity contribution in [2.24, 2.45) is 0 Å². The van der Waals surface area contributed by atoms with Crippen molar-refractivity contribution < 1.29 is 9.66 Å². The number of ether oxygens (including phenoxy) is 1. The second kappa shape index (κ2) is 8.34. The van der Waals surface area contributed by atoms with E-state index in [1.807, 2.05) is 31.2 Å². The third kappa shape index (κ3) is 4.18. The molecule has 0 radical (unpaired) electrons. The molecule has 1 fully saturated rings. The molecule has 0 aliphatic carbocycles. The van der Waals surface area contributed by atoms with E-state index in [0.717, 1.165) is 18.4 Å². The number of thioether (sulfide) groups is 1. The van der Waals surface area contributed by atoms with Crippen LogP contribution in [0, 0.1) is 10.1 Å². The van der Waals surface area contributed by atoms with Crippen LogP contribution in [0.5, 0.6) is 0 Å².